The van der Waals surface area contributed by atoms with Crippen LogP contribution < -0.4 is 16.6 Å². The smallest absolute Gasteiger partial charge is 0.257 e. The summed E-state index contributed by atoms with van der Waals surface area (Å²) in [5.74, 6) is 5.19. The maximum absolute atomic E-state index is 11.9. The van der Waals surface area contributed by atoms with Crippen LogP contribution in [-0.2, 0) is 0 Å². The lowest BCUT2D eigenvalue weighted by Gasteiger charge is -2.06. The van der Waals surface area contributed by atoms with Gasteiger partial charge in [-0.1, -0.05) is 11.6 Å². The molecule has 2 aromatic heterocycles. The summed E-state index contributed by atoms with van der Waals surface area (Å²) in [6, 6.07) is 4.94. The minimum absolute atomic E-state index is 0.274. The van der Waals surface area contributed by atoms with E-state index in [4.69, 9.17) is 17.4 Å². The molecular formula is C11H10ClN5O. The second kappa shape index (κ2) is 5.44. The number of hydrogen-bond acceptors (Lipinski definition) is 5. The Labute approximate surface area is 108 Å². The van der Waals surface area contributed by atoms with Gasteiger partial charge < -0.3 is 10.7 Å². The van der Waals surface area contributed by atoms with Crippen LogP contribution in [0.5, 0.6) is 0 Å². The number of carbonyl (C=O) groups excluding carboxylic acids is 1. The lowest BCUT2D eigenvalue weighted by Crippen LogP contribution is -2.14. The minimum Gasteiger partial charge on any atom is -0.321 e. The number of amides is 1. The fraction of sp³-hybridized carbons (Fsp3) is 0. The normalized spacial score (nSPS) is 9.89. The van der Waals surface area contributed by atoms with Gasteiger partial charge in [0.1, 0.15) is 0 Å². The molecule has 0 atom stereocenters. The van der Waals surface area contributed by atoms with Gasteiger partial charge in [0.05, 0.1) is 22.5 Å². The number of aromatic nitrogens is 2. The number of anilines is 2. The van der Waals surface area contributed by atoms with Crippen molar-refractivity contribution in [3.05, 3.63) is 47.4 Å². The molecule has 6 nitrogen and oxygen atoms in total. The van der Waals surface area contributed by atoms with Crippen LogP contribution in [0.25, 0.3) is 0 Å². The largest absolute Gasteiger partial charge is 0.321 e. The highest BCUT2D eigenvalue weighted by Crippen LogP contribution is 2.19. The molecule has 4 N–H and O–H groups in total. The molecule has 0 radical (unpaired) electrons. The SMILES string of the molecule is NNc1ncc(C(=O)Nc2cccnc2)cc1Cl. The molecule has 0 saturated carbocycles. The number of nitrogen functional groups attached to an aromatic ring is 1. The van der Waals surface area contributed by atoms with Crippen molar-refractivity contribution in [1.82, 2.24) is 9.97 Å². The number of nitrogens with one attached hydrogen (secondary N) is 2. The van der Waals surface area contributed by atoms with Crippen molar-refractivity contribution in [2.45, 2.75) is 0 Å². The molecule has 18 heavy (non-hydrogen) atoms. The van der Waals surface area contributed by atoms with Gasteiger partial charge in [-0.2, -0.15) is 0 Å². The molecule has 92 valence electrons. The van der Waals surface area contributed by atoms with E-state index in [1.165, 1.54) is 12.3 Å². The summed E-state index contributed by atoms with van der Waals surface area (Å²) in [5.41, 5.74) is 3.26. The van der Waals surface area contributed by atoms with E-state index in [0.717, 1.165) is 0 Å². The Morgan fingerprint density at radius 3 is 2.83 bits per heavy atom. The van der Waals surface area contributed by atoms with Gasteiger partial charge in [-0.15, -0.1) is 0 Å². The van der Waals surface area contributed by atoms with Crippen LogP contribution in [-0.4, -0.2) is 15.9 Å². The van der Waals surface area contributed by atoms with E-state index in [9.17, 15) is 4.79 Å². The highest BCUT2D eigenvalue weighted by molar-refractivity contribution is 6.33. The molecule has 2 aromatic rings. The van der Waals surface area contributed by atoms with Gasteiger partial charge in [-0.25, -0.2) is 10.8 Å². The molecule has 0 aliphatic rings. The molecular weight excluding hydrogens is 254 g/mol. The zero-order valence-corrected chi connectivity index (χ0v) is 9.98. The third-order valence-electron chi connectivity index (χ3n) is 2.16. The van der Waals surface area contributed by atoms with E-state index in [-0.39, 0.29) is 10.9 Å². The molecule has 7 heteroatoms. The van der Waals surface area contributed by atoms with Gasteiger partial charge in [0, 0.05) is 12.4 Å². The molecule has 0 spiro atoms. The molecule has 0 saturated heterocycles. The maximum Gasteiger partial charge on any atom is 0.257 e. The third-order valence-corrected chi connectivity index (χ3v) is 2.45. The van der Waals surface area contributed by atoms with Crippen LogP contribution in [0, 0.1) is 0 Å². The van der Waals surface area contributed by atoms with Crippen molar-refractivity contribution in [1.29, 1.82) is 0 Å². The van der Waals surface area contributed by atoms with Crippen LogP contribution >= 0.6 is 11.6 Å². The summed E-state index contributed by atoms with van der Waals surface area (Å²) >= 11 is 5.88. The quantitative estimate of drug-likeness (QED) is 0.579. The topological polar surface area (TPSA) is 92.9 Å². The summed E-state index contributed by atoms with van der Waals surface area (Å²) in [4.78, 5) is 19.7. The van der Waals surface area contributed by atoms with Crippen LogP contribution in [0.2, 0.25) is 5.02 Å². The van der Waals surface area contributed by atoms with E-state index in [2.05, 4.69) is 20.7 Å². The maximum atomic E-state index is 11.9. The van der Waals surface area contributed by atoms with Gasteiger partial charge >= 0.3 is 0 Å². The molecule has 2 rings (SSSR count). The monoisotopic (exact) mass is 263 g/mol. The second-order valence-corrected chi connectivity index (χ2v) is 3.80. The van der Waals surface area contributed by atoms with Gasteiger partial charge in [-0.3, -0.25) is 9.78 Å². The molecule has 0 aromatic carbocycles. The van der Waals surface area contributed by atoms with Crippen molar-refractivity contribution in [2.24, 2.45) is 5.84 Å². The Hall–Kier alpha value is -2.18. The summed E-state index contributed by atoms with van der Waals surface area (Å²) in [5, 5.41) is 2.95. The molecule has 1 amide bonds. The van der Waals surface area contributed by atoms with Gasteiger partial charge in [0.25, 0.3) is 5.91 Å². The summed E-state index contributed by atoms with van der Waals surface area (Å²) < 4.78 is 0. The lowest BCUT2D eigenvalue weighted by molar-refractivity contribution is 0.102. The van der Waals surface area contributed by atoms with Gasteiger partial charge in [0.2, 0.25) is 0 Å². The molecule has 0 fully saturated rings. The molecule has 0 aliphatic heterocycles. The second-order valence-electron chi connectivity index (χ2n) is 3.39. The zero-order valence-electron chi connectivity index (χ0n) is 9.22. The number of halogens is 1. The van der Waals surface area contributed by atoms with Crippen LogP contribution in [0.1, 0.15) is 10.4 Å². The van der Waals surface area contributed by atoms with Crippen LogP contribution in [0.15, 0.2) is 36.8 Å². The Balaban J connectivity index is 2.17. The summed E-state index contributed by atoms with van der Waals surface area (Å²) in [6.07, 6.45) is 4.55. The van der Waals surface area contributed by atoms with Crippen molar-refractivity contribution in [3.63, 3.8) is 0 Å². The Morgan fingerprint density at radius 2 is 2.22 bits per heavy atom. The fourth-order valence-corrected chi connectivity index (χ4v) is 1.53. The number of nitrogens with two attached hydrogens (primary N) is 1. The molecule has 0 aliphatic carbocycles. The first-order valence-electron chi connectivity index (χ1n) is 5.04. The van der Waals surface area contributed by atoms with Crippen molar-refractivity contribution >= 4 is 29.0 Å². The predicted molar refractivity (Wildman–Crippen MR) is 69.2 cm³/mol. The average Bonchev–Trinajstić information content (AvgIpc) is 2.39. The van der Waals surface area contributed by atoms with Crippen molar-refractivity contribution in [3.8, 4) is 0 Å². The first kappa shape index (κ1) is 12.3. The van der Waals surface area contributed by atoms with E-state index < -0.39 is 0 Å². The number of carbonyl (C=O) groups is 1. The van der Waals surface area contributed by atoms with E-state index in [1.807, 2.05) is 0 Å². The summed E-state index contributed by atoms with van der Waals surface area (Å²) in [7, 11) is 0. The zero-order chi connectivity index (χ0) is 13.0. The summed E-state index contributed by atoms with van der Waals surface area (Å²) in [6.45, 7) is 0. The van der Waals surface area contributed by atoms with Crippen LogP contribution in [0.3, 0.4) is 0 Å². The third kappa shape index (κ3) is 2.73. The first-order chi connectivity index (χ1) is 8.70. The van der Waals surface area contributed by atoms with Crippen molar-refractivity contribution in [2.75, 3.05) is 10.7 Å². The number of hydrazine groups is 1. The Bertz CT molecular complexity index is 561. The van der Waals surface area contributed by atoms with E-state index in [1.54, 1.807) is 24.5 Å². The predicted octanol–water partition coefficient (Wildman–Crippen LogP) is 1.67. The Morgan fingerprint density at radius 1 is 1.39 bits per heavy atom. The van der Waals surface area contributed by atoms with Crippen LogP contribution in [0.4, 0.5) is 11.5 Å². The standard InChI is InChI=1S/C11H10ClN5O/c12-9-4-7(5-15-10(9)17-13)11(18)16-8-2-1-3-14-6-8/h1-6H,13H2,(H,15,17)(H,16,18). The lowest BCUT2D eigenvalue weighted by atomic mass is 10.2. The average molecular weight is 264 g/mol. The Kier molecular flexibility index (Phi) is 3.71. The van der Waals surface area contributed by atoms with E-state index >= 15 is 0 Å². The number of hydrogen-bond donors (Lipinski definition) is 3. The van der Waals surface area contributed by atoms with Gasteiger partial charge in [0.15, 0.2) is 5.82 Å². The first-order valence-corrected chi connectivity index (χ1v) is 5.42. The molecule has 2 heterocycles. The fourth-order valence-electron chi connectivity index (χ4n) is 1.31. The minimum atomic E-state index is -0.319. The molecule has 0 bridgehead atoms. The number of rotatable bonds is 3. The molecule has 0 unspecified atom stereocenters. The van der Waals surface area contributed by atoms with E-state index in [0.29, 0.717) is 17.1 Å². The number of pyridine rings is 2. The van der Waals surface area contributed by atoms with Gasteiger partial charge in [-0.05, 0) is 18.2 Å². The van der Waals surface area contributed by atoms with Crippen molar-refractivity contribution < 1.29 is 4.79 Å². The highest BCUT2D eigenvalue weighted by atomic mass is 35.5. The highest BCUT2D eigenvalue weighted by Gasteiger charge is 2.09. The number of nitrogens with zero attached hydrogens (tertiary/aromatic N) is 2.